The average molecular weight is 243 g/mol. The first kappa shape index (κ1) is 13.9. The van der Waals surface area contributed by atoms with E-state index in [1.165, 1.54) is 0 Å². The fraction of sp³-hybridized carbons (Fsp3) is 1.00. The summed E-state index contributed by atoms with van der Waals surface area (Å²) in [5.74, 6) is -0.0266. The Morgan fingerprint density at radius 1 is 1.07 bits per heavy atom. The molecule has 0 aromatic heterocycles. The fourth-order valence-corrected chi connectivity index (χ4v) is 2.72. The Hall–Kier alpha value is -0.140. The molecule has 14 heavy (non-hydrogen) atoms. The highest BCUT2D eigenvalue weighted by Gasteiger charge is 2.11. The lowest BCUT2D eigenvalue weighted by Gasteiger charge is -2.08. The van der Waals surface area contributed by atoms with Crippen molar-refractivity contribution in [3.63, 3.8) is 0 Å². The number of hydrogen-bond acceptors (Lipinski definition) is 5. The molecule has 0 radical (unpaired) electrons. The molecule has 86 valence electrons. The Bertz CT molecular complexity index is 357. The van der Waals surface area contributed by atoms with E-state index in [0.717, 1.165) is 12.5 Å². The van der Waals surface area contributed by atoms with Gasteiger partial charge in [-0.25, -0.2) is 16.8 Å². The molecule has 1 atom stereocenters. The molecule has 0 aromatic carbocycles. The van der Waals surface area contributed by atoms with Gasteiger partial charge in [0.15, 0.2) is 0 Å². The minimum atomic E-state index is -3.06. The van der Waals surface area contributed by atoms with Crippen LogP contribution in [-0.2, 0) is 19.7 Å². The van der Waals surface area contributed by atoms with Crippen molar-refractivity contribution >= 4 is 19.7 Å². The van der Waals surface area contributed by atoms with Crippen LogP contribution in [-0.4, -0.2) is 46.9 Å². The molecule has 0 heterocycles. The van der Waals surface area contributed by atoms with Crippen molar-refractivity contribution in [1.82, 2.24) is 0 Å². The van der Waals surface area contributed by atoms with Crippen LogP contribution in [0.1, 0.15) is 12.8 Å². The first-order valence-electron chi connectivity index (χ1n) is 4.21. The molecule has 0 rings (SSSR count). The third-order valence-electron chi connectivity index (χ3n) is 1.61. The lowest BCUT2D eigenvalue weighted by atomic mass is 10.2. The highest BCUT2D eigenvalue weighted by atomic mass is 32.2. The van der Waals surface area contributed by atoms with Gasteiger partial charge in [0, 0.05) is 24.3 Å². The van der Waals surface area contributed by atoms with Crippen LogP contribution in [0.5, 0.6) is 0 Å². The zero-order chi connectivity index (χ0) is 11.4. The smallest absolute Gasteiger partial charge is 0.148 e. The van der Waals surface area contributed by atoms with Crippen LogP contribution < -0.4 is 5.73 Å². The summed E-state index contributed by atoms with van der Waals surface area (Å²) >= 11 is 0. The number of rotatable bonds is 6. The minimum Gasteiger partial charge on any atom is -0.327 e. The van der Waals surface area contributed by atoms with Crippen molar-refractivity contribution in [2.45, 2.75) is 18.9 Å². The molecule has 0 aliphatic heterocycles. The van der Waals surface area contributed by atoms with Crippen LogP contribution in [0.25, 0.3) is 0 Å². The predicted molar refractivity (Wildman–Crippen MR) is 56.6 cm³/mol. The molecule has 1 unspecified atom stereocenters. The second kappa shape index (κ2) is 5.09. The summed E-state index contributed by atoms with van der Waals surface area (Å²) < 4.78 is 43.1. The fourth-order valence-electron chi connectivity index (χ4n) is 1.08. The van der Waals surface area contributed by atoms with Gasteiger partial charge in [0.2, 0.25) is 0 Å². The van der Waals surface area contributed by atoms with E-state index >= 15 is 0 Å². The van der Waals surface area contributed by atoms with Crippen LogP contribution in [0.3, 0.4) is 0 Å². The van der Waals surface area contributed by atoms with E-state index in [9.17, 15) is 16.8 Å². The monoisotopic (exact) mass is 243 g/mol. The quantitative estimate of drug-likeness (QED) is 0.658. The third kappa shape index (κ3) is 9.94. The van der Waals surface area contributed by atoms with Crippen molar-refractivity contribution < 1.29 is 16.8 Å². The first-order valence-corrected chi connectivity index (χ1v) is 8.33. The molecule has 0 saturated heterocycles. The summed E-state index contributed by atoms with van der Waals surface area (Å²) in [5.41, 5.74) is 5.52. The Labute approximate surface area is 85.5 Å². The van der Waals surface area contributed by atoms with Gasteiger partial charge in [-0.2, -0.15) is 0 Å². The van der Waals surface area contributed by atoms with Crippen LogP contribution in [0.15, 0.2) is 0 Å². The molecule has 0 aliphatic rings. The number of hydrogen-bond donors (Lipinski definition) is 1. The first-order chi connectivity index (χ1) is 6.10. The van der Waals surface area contributed by atoms with E-state index < -0.39 is 25.7 Å². The molecule has 5 nitrogen and oxygen atoms in total. The molecule has 7 heteroatoms. The lowest BCUT2D eigenvalue weighted by Crippen LogP contribution is -2.29. The van der Waals surface area contributed by atoms with E-state index in [-0.39, 0.29) is 11.5 Å². The van der Waals surface area contributed by atoms with Gasteiger partial charge in [-0.15, -0.1) is 0 Å². The Balaban J connectivity index is 3.82. The van der Waals surface area contributed by atoms with Gasteiger partial charge in [0.1, 0.15) is 19.7 Å². The third-order valence-corrected chi connectivity index (χ3v) is 3.67. The molecular weight excluding hydrogens is 226 g/mol. The second-order valence-electron chi connectivity index (χ2n) is 3.62. The topological polar surface area (TPSA) is 94.3 Å². The second-order valence-corrected chi connectivity index (χ2v) is 8.07. The van der Waals surface area contributed by atoms with Crippen molar-refractivity contribution in [2.75, 3.05) is 24.0 Å². The van der Waals surface area contributed by atoms with Gasteiger partial charge in [-0.05, 0) is 12.8 Å². The molecule has 0 bridgehead atoms. The minimum absolute atomic E-state index is 0.0600. The maximum atomic E-state index is 10.8. The van der Waals surface area contributed by atoms with Gasteiger partial charge in [-0.1, -0.05) is 0 Å². The summed E-state index contributed by atoms with van der Waals surface area (Å²) in [4.78, 5) is 0. The molecule has 2 N–H and O–H groups in total. The molecule has 0 saturated carbocycles. The van der Waals surface area contributed by atoms with E-state index in [1.807, 2.05) is 0 Å². The Kier molecular flexibility index (Phi) is 5.03. The van der Waals surface area contributed by atoms with E-state index in [4.69, 9.17) is 5.73 Å². The van der Waals surface area contributed by atoms with E-state index in [2.05, 4.69) is 0 Å². The molecule has 0 aliphatic carbocycles. The zero-order valence-corrected chi connectivity index (χ0v) is 10.1. The van der Waals surface area contributed by atoms with E-state index in [1.54, 1.807) is 0 Å². The molecular formula is C7H17NO4S2. The van der Waals surface area contributed by atoms with Crippen molar-refractivity contribution in [1.29, 1.82) is 0 Å². The summed E-state index contributed by atoms with van der Waals surface area (Å²) in [6.45, 7) is 0. The largest absolute Gasteiger partial charge is 0.327 e. The molecule has 0 aromatic rings. The molecule has 0 amide bonds. The summed E-state index contributed by atoms with van der Waals surface area (Å²) in [6, 6.07) is -0.466. The van der Waals surface area contributed by atoms with Crippen molar-refractivity contribution in [3.8, 4) is 0 Å². The van der Waals surface area contributed by atoms with E-state index in [0.29, 0.717) is 12.8 Å². The number of sulfone groups is 2. The van der Waals surface area contributed by atoms with Crippen molar-refractivity contribution in [3.05, 3.63) is 0 Å². The van der Waals surface area contributed by atoms with Crippen LogP contribution in [0.2, 0.25) is 0 Å². The highest BCUT2D eigenvalue weighted by molar-refractivity contribution is 7.90. The summed E-state index contributed by atoms with van der Waals surface area (Å²) in [6.07, 6.45) is 3.09. The SMILES string of the molecule is CS(=O)(=O)CCCC(N)CS(C)(=O)=O. The Morgan fingerprint density at radius 2 is 1.57 bits per heavy atom. The maximum Gasteiger partial charge on any atom is 0.148 e. The standard InChI is InChI=1S/C7H17NO4S2/c1-13(9,10)5-3-4-7(8)6-14(2,11)12/h7H,3-6,8H2,1-2H3. The average Bonchev–Trinajstić information content (AvgIpc) is 1.78. The van der Waals surface area contributed by atoms with Crippen LogP contribution >= 0.6 is 0 Å². The van der Waals surface area contributed by atoms with Gasteiger partial charge in [0.25, 0.3) is 0 Å². The van der Waals surface area contributed by atoms with Crippen LogP contribution in [0, 0.1) is 0 Å². The van der Waals surface area contributed by atoms with Gasteiger partial charge >= 0.3 is 0 Å². The van der Waals surface area contributed by atoms with Gasteiger partial charge in [0.05, 0.1) is 5.75 Å². The van der Waals surface area contributed by atoms with Gasteiger partial charge in [-0.3, -0.25) is 0 Å². The van der Waals surface area contributed by atoms with Crippen LogP contribution in [0.4, 0.5) is 0 Å². The molecule has 0 spiro atoms. The van der Waals surface area contributed by atoms with Gasteiger partial charge < -0.3 is 5.73 Å². The summed E-state index contributed by atoms with van der Waals surface area (Å²) in [7, 11) is -6.03. The Morgan fingerprint density at radius 3 is 1.93 bits per heavy atom. The zero-order valence-electron chi connectivity index (χ0n) is 8.43. The normalized spacial score (nSPS) is 15.4. The predicted octanol–water partition coefficient (Wildman–Crippen LogP) is -0.817. The number of nitrogens with two attached hydrogens (primary N) is 1. The maximum absolute atomic E-state index is 10.8. The molecule has 0 fully saturated rings. The summed E-state index contributed by atoms with van der Waals surface area (Å²) in [5, 5.41) is 0. The lowest BCUT2D eigenvalue weighted by molar-refractivity contribution is 0.577. The van der Waals surface area contributed by atoms with Crippen molar-refractivity contribution in [2.24, 2.45) is 5.73 Å². The highest BCUT2D eigenvalue weighted by Crippen LogP contribution is 2.00.